The van der Waals surface area contributed by atoms with Crippen LogP contribution in [0.2, 0.25) is 0 Å². The van der Waals surface area contributed by atoms with Crippen molar-refractivity contribution in [3.63, 3.8) is 0 Å². The number of benzene rings is 1. The summed E-state index contributed by atoms with van der Waals surface area (Å²) in [4.78, 5) is 13.6. The van der Waals surface area contributed by atoms with Crippen LogP contribution in [0, 0.1) is 5.92 Å². The zero-order valence-electron chi connectivity index (χ0n) is 10.8. The molecule has 0 aromatic heterocycles. The van der Waals surface area contributed by atoms with E-state index >= 15 is 0 Å². The van der Waals surface area contributed by atoms with Crippen LogP contribution in [0.3, 0.4) is 0 Å². The Morgan fingerprint density at radius 1 is 1.37 bits per heavy atom. The summed E-state index contributed by atoms with van der Waals surface area (Å²) in [6, 6.07) is 8.21. The molecular formula is C15H18ClNOS. The molecule has 102 valence electrons. The zero-order valence-corrected chi connectivity index (χ0v) is 12.3. The Morgan fingerprint density at radius 2 is 2.21 bits per heavy atom. The molecule has 1 aromatic carbocycles. The average Bonchev–Trinajstić information content (AvgIpc) is 3.02. The van der Waals surface area contributed by atoms with Crippen LogP contribution in [0.1, 0.15) is 30.7 Å². The number of fused-ring (bicyclic) bond motifs is 1. The molecule has 1 amide bonds. The van der Waals surface area contributed by atoms with Crippen molar-refractivity contribution in [1.82, 2.24) is 5.32 Å². The number of hydrogen-bond acceptors (Lipinski definition) is 2. The summed E-state index contributed by atoms with van der Waals surface area (Å²) in [5, 5.41) is 3.34. The van der Waals surface area contributed by atoms with Gasteiger partial charge in [-0.25, -0.2) is 0 Å². The third-order valence-electron chi connectivity index (χ3n) is 4.12. The van der Waals surface area contributed by atoms with Gasteiger partial charge in [0.05, 0.1) is 5.92 Å². The van der Waals surface area contributed by atoms with Gasteiger partial charge in [-0.2, -0.15) is 0 Å². The third-order valence-corrected chi connectivity index (χ3v) is 5.88. The Hall–Kier alpha value is -0.670. The molecule has 1 aliphatic heterocycles. The topological polar surface area (TPSA) is 29.1 Å². The molecule has 1 heterocycles. The molecule has 19 heavy (non-hydrogen) atoms. The number of carbonyl (C=O) groups is 1. The highest BCUT2D eigenvalue weighted by Crippen LogP contribution is 2.39. The van der Waals surface area contributed by atoms with Crippen LogP contribution in [0.15, 0.2) is 29.2 Å². The molecule has 1 saturated carbocycles. The highest BCUT2D eigenvalue weighted by Gasteiger charge is 2.30. The lowest BCUT2D eigenvalue weighted by atomic mass is 10.00. The highest BCUT2D eigenvalue weighted by atomic mass is 35.5. The molecule has 3 unspecified atom stereocenters. The summed E-state index contributed by atoms with van der Waals surface area (Å²) in [7, 11) is 0. The second-order valence-electron chi connectivity index (χ2n) is 5.35. The molecule has 1 N–H and O–H groups in total. The second kappa shape index (κ2) is 5.76. The normalized spacial score (nSPS) is 29.2. The maximum absolute atomic E-state index is 12.3. The summed E-state index contributed by atoms with van der Waals surface area (Å²) >= 11 is 8.02. The molecule has 4 heteroatoms. The smallest absolute Gasteiger partial charge is 0.228 e. The number of thioether (sulfide) groups is 1. The minimum Gasteiger partial charge on any atom is -0.355 e. The summed E-state index contributed by atoms with van der Waals surface area (Å²) in [5.41, 5.74) is 1.18. The number of carbonyl (C=O) groups excluding carboxylic acids is 1. The Labute approximate surface area is 123 Å². The SMILES string of the molecule is O=C(NCC1CCCC1Cl)C1CSc2ccccc21. The van der Waals surface area contributed by atoms with Gasteiger partial charge < -0.3 is 5.32 Å². The lowest BCUT2D eigenvalue weighted by Crippen LogP contribution is -2.34. The van der Waals surface area contributed by atoms with Crippen molar-refractivity contribution in [1.29, 1.82) is 0 Å². The number of halogens is 1. The average molecular weight is 296 g/mol. The molecular weight excluding hydrogens is 278 g/mol. The highest BCUT2D eigenvalue weighted by molar-refractivity contribution is 7.99. The Bertz CT molecular complexity index is 479. The predicted octanol–water partition coefficient (Wildman–Crippen LogP) is 3.40. The van der Waals surface area contributed by atoms with E-state index in [0.29, 0.717) is 5.92 Å². The third kappa shape index (κ3) is 2.77. The molecule has 0 spiro atoms. The van der Waals surface area contributed by atoms with Gasteiger partial charge in [-0.1, -0.05) is 24.6 Å². The van der Waals surface area contributed by atoms with Gasteiger partial charge in [0, 0.05) is 22.6 Å². The molecule has 3 rings (SSSR count). The fraction of sp³-hybridized carbons (Fsp3) is 0.533. The predicted molar refractivity (Wildman–Crippen MR) is 79.9 cm³/mol. The lowest BCUT2D eigenvalue weighted by Gasteiger charge is -2.17. The van der Waals surface area contributed by atoms with Crippen LogP contribution < -0.4 is 5.32 Å². The first-order chi connectivity index (χ1) is 9.25. The van der Waals surface area contributed by atoms with E-state index in [9.17, 15) is 4.79 Å². The number of nitrogens with one attached hydrogen (secondary N) is 1. The summed E-state index contributed by atoms with van der Waals surface area (Å²) < 4.78 is 0. The largest absolute Gasteiger partial charge is 0.355 e. The van der Waals surface area contributed by atoms with Gasteiger partial charge in [0.15, 0.2) is 0 Å². The van der Waals surface area contributed by atoms with Gasteiger partial charge in [-0.3, -0.25) is 4.79 Å². The van der Waals surface area contributed by atoms with Gasteiger partial charge in [-0.05, 0) is 30.4 Å². The summed E-state index contributed by atoms with van der Waals surface area (Å²) in [6.07, 6.45) is 3.42. The van der Waals surface area contributed by atoms with Crippen LogP contribution in [0.5, 0.6) is 0 Å². The van der Waals surface area contributed by atoms with Crippen molar-refractivity contribution < 1.29 is 4.79 Å². The van der Waals surface area contributed by atoms with Gasteiger partial charge >= 0.3 is 0 Å². The maximum atomic E-state index is 12.3. The first-order valence-electron chi connectivity index (χ1n) is 6.89. The monoisotopic (exact) mass is 295 g/mol. The number of hydrogen-bond donors (Lipinski definition) is 1. The van der Waals surface area contributed by atoms with Crippen molar-refractivity contribution in [2.75, 3.05) is 12.3 Å². The van der Waals surface area contributed by atoms with Crippen LogP contribution in [-0.2, 0) is 4.79 Å². The van der Waals surface area contributed by atoms with E-state index in [0.717, 1.165) is 25.1 Å². The fourth-order valence-electron chi connectivity index (χ4n) is 2.96. The van der Waals surface area contributed by atoms with Crippen molar-refractivity contribution in [2.45, 2.75) is 35.5 Å². The van der Waals surface area contributed by atoms with E-state index in [1.54, 1.807) is 11.8 Å². The first kappa shape index (κ1) is 13.3. The van der Waals surface area contributed by atoms with E-state index in [2.05, 4.69) is 17.4 Å². The molecule has 0 bridgehead atoms. The second-order valence-corrected chi connectivity index (χ2v) is 6.98. The van der Waals surface area contributed by atoms with Gasteiger partial charge in [-0.15, -0.1) is 23.4 Å². The molecule has 1 aromatic rings. The van der Waals surface area contributed by atoms with E-state index in [1.807, 2.05) is 12.1 Å². The molecule has 0 radical (unpaired) electrons. The Morgan fingerprint density at radius 3 is 3.00 bits per heavy atom. The molecule has 2 nitrogen and oxygen atoms in total. The number of rotatable bonds is 3. The minimum absolute atomic E-state index is 0.0105. The van der Waals surface area contributed by atoms with Crippen LogP contribution in [0.4, 0.5) is 0 Å². The summed E-state index contributed by atoms with van der Waals surface area (Å²) in [5.74, 6) is 1.49. The number of alkyl halides is 1. The Kier molecular flexibility index (Phi) is 4.04. The van der Waals surface area contributed by atoms with Crippen LogP contribution >= 0.6 is 23.4 Å². The molecule has 1 fully saturated rings. The molecule has 2 aliphatic rings. The molecule has 3 atom stereocenters. The maximum Gasteiger partial charge on any atom is 0.228 e. The van der Waals surface area contributed by atoms with Crippen molar-refractivity contribution in [3.8, 4) is 0 Å². The quantitative estimate of drug-likeness (QED) is 0.866. The lowest BCUT2D eigenvalue weighted by molar-refractivity contribution is -0.122. The van der Waals surface area contributed by atoms with Crippen LogP contribution in [-0.4, -0.2) is 23.6 Å². The van der Waals surface area contributed by atoms with Crippen molar-refractivity contribution in [3.05, 3.63) is 29.8 Å². The van der Waals surface area contributed by atoms with Gasteiger partial charge in [0.2, 0.25) is 5.91 Å². The number of amides is 1. The van der Waals surface area contributed by atoms with E-state index in [-0.39, 0.29) is 17.2 Å². The van der Waals surface area contributed by atoms with Crippen molar-refractivity contribution >= 4 is 29.3 Å². The Balaban J connectivity index is 1.60. The van der Waals surface area contributed by atoms with E-state index in [1.165, 1.54) is 16.9 Å². The first-order valence-corrected chi connectivity index (χ1v) is 8.31. The van der Waals surface area contributed by atoms with Gasteiger partial charge in [0.25, 0.3) is 0 Å². The fourth-order valence-corrected chi connectivity index (χ4v) is 4.55. The zero-order chi connectivity index (χ0) is 13.2. The van der Waals surface area contributed by atoms with E-state index < -0.39 is 0 Å². The standard InChI is InChI=1S/C15H18ClNOS/c16-13-6-3-4-10(13)8-17-15(18)12-9-19-14-7-2-1-5-11(12)14/h1-2,5,7,10,12-13H,3-4,6,8-9H2,(H,17,18). The summed E-state index contributed by atoms with van der Waals surface area (Å²) in [6.45, 7) is 0.732. The minimum atomic E-state index is 0.0105. The van der Waals surface area contributed by atoms with Crippen molar-refractivity contribution in [2.24, 2.45) is 5.92 Å². The molecule has 1 aliphatic carbocycles. The van der Waals surface area contributed by atoms with E-state index in [4.69, 9.17) is 11.6 Å². The molecule has 0 saturated heterocycles. The van der Waals surface area contributed by atoms with Crippen LogP contribution in [0.25, 0.3) is 0 Å². The van der Waals surface area contributed by atoms with Gasteiger partial charge in [0.1, 0.15) is 0 Å².